The summed E-state index contributed by atoms with van der Waals surface area (Å²) in [5, 5.41) is 9.08. The maximum absolute atomic E-state index is 12.3. The summed E-state index contributed by atoms with van der Waals surface area (Å²) < 4.78 is 46.3. The van der Waals surface area contributed by atoms with Crippen molar-refractivity contribution in [3.8, 4) is 11.8 Å². The van der Waals surface area contributed by atoms with Gasteiger partial charge in [0.15, 0.2) is 14.4 Å². The van der Waals surface area contributed by atoms with Gasteiger partial charge in [-0.25, -0.2) is 0 Å². The van der Waals surface area contributed by atoms with Gasteiger partial charge in [0.05, 0.1) is 6.07 Å². The smallest absolute Gasteiger partial charge is 0.405 e. The SMILES string of the molecule is C[Si](C)(C)OC(C#N)c1ccccc1OC(F)(F)F. The molecule has 19 heavy (non-hydrogen) atoms. The number of rotatable bonds is 4. The van der Waals surface area contributed by atoms with Crippen LogP contribution in [0.25, 0.3) is 0 Å². The van der Waals surface area contributed by atoms with Crippen LogP contribution in [0.4, 0.5) is 13.2 Å². The molecule has 0 saturated carbocycles. The molecule has 7 heteroatoms. The van der Waals surface area contributed by atoms with Crippen molar-refractivity contribution < 1.29 is 22.3 Å². The van der Waals surface area contributed by atoms with Crippen LogP contribution < -0.4 is 4.74 Å². The Bertz CT molecular complexity index is 477. The van der Waals surface area contributed by atoms with E-state index in [9.17, 15) is 13.2 Å². The molecule has 0 fully saturated rings. The molecule has 1 aromatic carbocycles. The summed E-state index contributed by atoms with van der Waals surface area (Å²) in [7, 11) is -2.06. The van der Waals surface area contributed by atoms with Gasteiger partial charge in [-0.3, -0.25) is 0 Å². The van der Waals surface area contributed by atoms with Gasteiger partial charge in [-0.15, -0.1) is 13.2 Å². The predicted molar refractivity (Wildman–Crippen MR) is 65.9 cm³/mol. The van der Waals surface area contributed by atoms with Crippen LogP contribution in [0.1, 0.15) is 11.7 Å². The molecule has 0 aliphatic heterocycles. The monoisotopic (exact) mass is 289 g/mol. The average molecular weight is 289 g/mol. The third-order valence-electron chi connectivity index (χ3n) is 2.02. The van der Waals surface area contributed by atoms with Crippen LogP contribution in [-0.4, -0.2) is 14.7 Å². The van der Waals surface area contributed by atoms with Gasteiger partial charge in [-0.2, -0.15) is 5.26 Å². The number of nitriles is 1. The molecule has 0 N–H and O–H groups in total. The summed E-state index contributed by atoms with van der Waals surface area (Å²) in [5.41, 5.74) is 0.0877. The van der Waals surface area contributed by atoms with Gasteiger partial charge in [0.25, 0.3) is 0 Å². The number of alkyl halides is 3. The molecule has 0 aliphatic carbocycles. The molecule has 0 heterocycles. The van der Waals surface area contributed by atoms with Crippen molar-refractivity contribution in [1.82, 2.24) is 0 Å². The summed E-state index contributed by atoms with van der Waals surface area (Å²) in [6.45, 7) is 5.56. The molecule has 0 radical (unpaired) electrons. The minimum absolute atomic E-state index is 0.0877. The fraction of sp³-hybridized carbons (Fsp3) is 0.417. The van der Waals surface area contributed by atoms with Gasteiger partial charge in [-0.05, 0) is 25.7 Å². The Morgan fingerprint density at radius 1 is 1.21 bits per heavy atom. The zero-order valence-electron chi connectivity index (χ0n) is 10.8. The average Bonchev–Trinajstić information content (AvgIpc) is 2.23. The van der Waals surface area contributed by atoms with E-state index < -0.39 is 26.5 Å². The standard InChI is InChI=1S/C12H14F3NO2Si/c1-19(2,3)18-11(8-16)9-6-4-5-7-10(9)17-12(13,14)15/h4-7,11H,1-3H3. The number of hydrogen-bond acceptors (Lipinski definition) is 3. The van der Waals surface area contributed by atoms with Gasteiger partial charge >= 0.3 is 6.36 Å². The molecular formula is C12H14F3NO2Si. The second-order valence-corrected chi connectivity index (χ2v) is 9.29. The topological polar surface area (TPSA) is 42.2 Å². The first-order valence-corrected chi connectivity index (χ1v) is 8.95. The lowest BCUT2D eigenvalue weighted by molar-refractivity contribution is -0.275. The Morgan fingerprint density at radius 2 is 1.79 bits per heavy atom. The van der Waals surface area contributed by atoms with Crippen molar-refractivity contribution >= 4 is 8.32 Å². The molecule has 0 spiro atoms. The quantitative estimate of drug-likeness (QED) is 0.787. The third-order valence-corrected chi connectivity index (χ3v) is 2.96. The lowest BCUT2D eigenvalue weighted by Crippen LogP contribution is -2.28. The normalized spacial score (nSPS) is 13.7. The van der Waals surface area contributed by atoms with Crippen LogP contribution in [0.3, 0.4) is 0 Å². The van der Waals surface area contributed by atoms with Gasteiger partial charge < -0.3 is 9.16 Å². The minimum Gasteiger partial charge on any atom is -0.405 e. The maximum Gasteiger partial charge on any atom is 0.573 e. The number of benzene rings is 1. The molecule has 0 amide bonds. The zero-order chi connectivity index (χ0) is 14.7. The van der Waals surface area contributed by atoms with E-state index in [1.54, 1.807) is 0 Å². The Kier molecular flexibility index (Phi) is 4.60. The molecule has 0 saturated heterocycles. The molecular weight excluding hydrogens is 275 g/mol. The van der Waals surface area contributed by atoms with E-state index in [4.69, 9.17) is 9.69 Å². The highest BCUT2D eigenvalue weighted by Crippen LogP contribution is 2.32. The molecule has 1 unspecified atom stereocenters. The van der Waals surface area contributed by atoms with E-state index in [0.717, 1.165) is 0 Å². The van der Waals surface area contributed by atoms with Gasteiger partial charge in [0.1, 0.15) is 5.75 Å². The van der Waals surface area contributed by atoms with E-state index in [2.05, 4.69) is 4.74 Å². The van der Waals surface area contributed by atoms with E-state index in [0.29, 0.717) is 0 Å². The number of ether oxygens (including phenoxy) is 1. The Morgan fingerprint density at radius 3 is 2.26 bits per heavy atom. The number of nitrogens with zero attached hydrogens (tertiary/aromatic N) is 1. The van der Waals surface area contributed by atoms with E-state index >= 15 is 0 Å². The third kappa shape index (κ3) is 5.32. The zero-order valence-corrected chi connectivity index (χ0v) is 11.8. The van der Waals surface area contributed by atoms with Crippen LogP contribution in [0, 0.1) is 11.3 Å². The van der Waals surface area contributed by atoms with Crippen molar-refractivity contribution in [2.75, 3.05) is 0 Å². The van der Waals surface area contributed by atoms with Crippen molar-refractivity contribution in [2.45, 2.75) is 32.1 Å². The van der Waals surface area contributed by atoms with Crippen LogP contribution >= 0.6 is 0 Å². The molecule has 3 nitrogen and oxygen atoms in total. The molecule has 1 aromatic rings. The Balaban J connectivity index is 3.08. The molecule has 1 atom stereocenters. The summed E-state index contributed by atoms with van der Waals surface area (Å²) in [4.78, 5) is 0. The first kappa shape index (κ1) is 15.5. The lowest BCUT2D eigenvalue weighted by Gasteiger charge is -2.23. The first-order valence-electron chi connectivity index (χ1n) is 5.54. The maximum atomic E-state index is 12.3. The Hall–Kier alpha value is -1.52. The molecule has 1 rings (SSSR count). The number of para-hydroxylation sites is 1. The molecule has 0 aromatic heterocycles. The largest absolute Gasteiger partial charge is 0.573 e. The lowest BCUT2D eigenvalue weighted by atomic mass is 10.1. The fourth-order valence-corrected chi connectivity index (χ4v) is 2.31. The second kappa shape index (κ2) is 5.63. The minimum atomic E-state index is -4.80. The summed E-state index contributed by atoms with van der Waals surface area (Å²) >= 11 is 0. The fourth-order valence-electron chi connectivity index (χ4n) is 1.43. The summed E-state index contributed by atoms with van der Waals surface area (Å²) in [6.07, 6.45) is -5.86. The van der Waals surface area contributed by atoms with Gasteiger partial charge in [0, 0.05) is 5.56 Å². The van der Waals surface area contributed by atoms with Crippen molar-refractivity contribution in [3.05, 3.63) is 29.8 Å². The highest BCUT2D eigenvalue weighted by atomic mass is 28.4. The van der Waals surface area contributed by atoms with Crippen LogP contribution in [0.15, 0.2) is 24.3 Å². The van der Waals surface area contributed by atoms with Crippen molar-refractivity contribution in [3.63, 3.8) is 0 Å². The molecule has 0 aliphatic rings. The van der Waals surface area contributed by atoms with Crippen LogP contribution in [0.2, 0.25) is 19.6 Å². The first-order chi connectivity index (χ1) is 8.62. The highest BCUT2D eigenvalue weighted by Gasteiger charge is 2.33. The van der Waals surface area contributed by atoms with E-state index in [-0.39, 0.29) is 5.56 Å². The summed E-state index contributed by atoms with van der Waals surface area (Å²) in [5.74, 6) is -0.403. The van der Waals surface area contributed by atoms with E-state index in [1.165, 1.54) is 24.3 Å². The van der Waals surface area contributed by atoms with Crippen molar-refractivity contribution in [1.29, 1.82) is 5.26 Å². The van der Waals surface area contributed by atoms with E-state index in [1.807, 2.05) is 25.7 Å². The molecule has 0 bridgehead atoms. The van der Waals surface area contributed by atoms with Crippen LogP contribution in [-0.2, 0) is 4.43 Å². The molecule has 104 valence electrons. The van der Waals surface area contributed by atoms with Gasteiger partial charge in [-0.1, -0.05) is 18.2 Å². The number of hydrogen-bond donors (Lipinski definition) is 0. The van der Waals surface area contributed by atoms with Gasteiger partial charge in [0.2, 0.25) is 0 Å². The van der Waals surface area contributed by atoms with Crippen molar-refractivity contribution in [2.24, 2.45) is 0 Å². The summed E-state index contributed by atoms with van der Waals surface area (Å²) in [6, 6.07) is 7.38. The number of halogens is 3. The van der Waals surface area contributed by atoms with Crippen LogP contribution in [0.5, 0.6) is 5.75 Å². The Labute approximate surface area is 110 Å². The predicted octanol–water partition coefficient (Wildman–Crippen LogP) is 4.00. The second-order valence-electron chi connectivity index (χ2n) is 4.82. The highest BCUT2D eigenvalue weighted by molar-refractivity contribution is 6.69.